The van der Waals surface area contributed by atoms with E-state index in [1.165, 1.54) is 15.9 Å². The molecule has 0 radical (unpaired) electrons. The lowest BCUT2D eigenvalue weighted by Gasteiger charge is -2.30. The summed E-state index contributed by atoms with van der Waals surface area (Å²) in [7, 11) is 5.51. The number of guanidine groups is 2. The fraction of sp³-hybridized carbons (Fsp3) is 0.500. The summed E-state index contributed by atoms with van der Waals surface area (Å²) in [5, 5.41) is 21.0. The van der Waals surface area contributed by atoms with Gasteiger partial charge in [0.25, 0.3) is 0 Å². The van der Waals surface area contributed by atoms with Crippen molar-refractivity contribution < 1.29 is 18.3 Å². The van der Waals surface area contributed by atoms with Crippen molar-refractivity contribution in [3.63, 3.8) is 0 Å². The molecular weight excluding hydrogens is 452 g/mol. The number of halogens is 3. The van der Waals surface area contributed by atoms with Crippen LogP contribution in [0.5, 0.6) is 0 Å². The molecule has 0 saturated heterocycles. The molecule has 0 fully saturated rings. The lowest BCUT2D eigenvalue weighted by atomic mass is 10.2. The lowest BCUT2D eigenvalue weighted by Crippen LogP contribution is -2.49. The molecule has 0 spiro atoms. The van der Waals surface area contributed by atoms with Crippen molar-refractivity contribution in [3.8, 4) is 0 Å². The molecule has 1 aromatic rings. The average Bonchev–Trinajstić information content (AvgIpc) is 2.76. The number of aliphatic hydroxyl groups is 1. The second-order valence-corrected chi connectivity index (χ2v) is 8.10. The predicted octanol–water partition coefficient (Wildman–Crippen LogP) is 2.81. The zero-order valence-corrected chi connectivity index (χ0v) is 20.7. The van der Waals surface area contributed by atoms with E-state index in [1.807, 2.05) is 19.9 Å². The van der Waals surface area contributed by atoms with Gasteiger partial charge in [-0.15, -0.1) is 9.24 Å². The van der Waals surface area contributed by atoms with Gasteiger partial charge >= 0.3 is 0 Å². The van der Waals surface area contributed by atoms with Crippen LogP contribution < -0.4 is 10.6 Å². The largest absolute Gasteiger partial charge is 0.374 e. The van der Waals surface area contributed by atoms with Crippen LogP contribution >= 0.6 is 9.24 Å². The first-order chi connectivity index (χ1) is 15.6. The Morgan fingerprint density at radius 1 is 1.30 bits per heavy atom. The van der Waals surface area contributed by atoms with Gasteiger partial charge in [-0.1, -0.05) is 13.0 Å². The Labute approximate surface area is 196 Å². The predicted molar refractivity (Wildman–Crippen MR) is 132 cm³/mol. The van der Waals surface area contributed by atoms with Gasteiger partial charge in [0, 0.05) is 49.3 Å². The minimum atomic E-state index is -0.746. The molecule has 1 rings (SSSR count). The minimum Gasteiger partial charge on any atom is -0.374 e. The van der Waals surface area contributed by atoms with E-state index in [1.54, 1.807) is 20.2 Å². The Kier molecular flexibility index (Phi) is 12.7. The summed E-state index contributed by atoms with van der Waals surface area (Å²) in [6.07, 6.45) is 4.67. The average molecular weight is 487 g/mol. The van der Waals surface area contributed by atoms with E-state index in [0.29, 0.717) is 12.8 Å². The van der Waals surface area contributed by atoms with Crippen LogP contribution in [0.15, 0.2) is 34.3 Å². The molecule has 11 heteroatoms. The van der Waals surface area contributed by atoms with Gasteiger partial charge < -0.3 is 15.3 Å². The zero-order valence-electron chi connectivity index (χ0n) is 19.6. The van der Waals surface area contributed by atoms with Crippen molar-refractivity contribution in [1.29, 1.82) is 5.41 Å². The normalized spacial score (nSPS) is 13.4. The van der Waals surface area contributed by atoms with Crippen LogP contribution in [0.25, 0.3) is 0 Å². The second-order valence-electron chi connectivity index (χ2n) is 7.48. The molecule has 0 aliphatic rings. The Hall–Kier alpha value is -2.45. The Bertz CT molecular complexity index is 876. The quantitative estimate of drug-likeness (QED) is 0.270. The smallest absolute Gasteiger partial charge is 0.203 e. The first kappa shape index (κ1) is 28.6. The van der Waals surface area contributed by atoms with Crippen molar-refractivity contribution in [2.75, 3.05) is 34.0 Å². The van der Waals surface area contributed by atoms with E-state index >= 15 is 0 Å². The van der Waals surface area contributed by atoms with Gasteiger partial charge in [0.2, 0.25) is 5.96 Å². The molecule has 0 heterocycles. The topological polar surface area (TPSA) is 87.3 Å². The molecule has 184 valence electrons. The van der Waals surface area contributed by atoms with E-state index in [9.17, 15) is 18.3 Å². The van der Waals surface area contributed by atoms with Crippen molar-refractivity contribution in [1.82, 2.24) is 15.1 Å². The molecule has 2 unspecified atom stereocenters. The molecule has 1 aromatic carbocycles. The molecule has 0 bridgehead atoms. The summed E-state index contributed by atoms with van der Waals surface area (Å²) in [6, 6.07) is 2.03. The van der Waals surface area contributed by atoms with Crippen LogP contribution in [0.4, 0.5) is 13.2 Å². The summed E-state index contributed by atoms with van der Waals surface area (Å²) >= 11 is 0. The molecule has 0 amide bonds. The van der Waals surface area contributed by atoms with Crippen molar-refractivity contribution >= 4 is 32.2 Å². The number of rotatable bonds is 10. The number of alkyl halides is 1. The second kappa shape index (κ2) is 14.6. The maximum atomic E-state index is 14.4. The fourth-order valence-corrected chi connectivity index (χ4v) is 3.09. The number of hydrogen-bond acceptors (Lipinski definition) is 4. The van der Waals surface area contributed by atoms with Gasteiger partial charge in [-0.2, -0.15) is 0 Å². The standard InChI is InChI=1S/C22H34F3N6OP/c1-5-17(29-15(2)8-9-23)7-6-10-27-22(28-14-32)31(21(26)30(3)4)13-16-11-20(33)19(25)12-18(16)24/h6-7,11-12,15,26,32H,5,8-10,13-14,33H2,1-4H3,(H,27,28)/b7-6-,26-21?,29-17+. The Morgan fingerprint density at radius 3 is 2.58 bits per heavy atom. The monoisotopic (exact) mass is 486 g/mol. The molecule has 3 N–H and O–H groups in total. The van der Waals surface area contributed by atoms with Crippen molar-refractivity contribution in [3.05, 3.63) is 41.5 Å². The van der Waals surface area contributed by atoms with E-state index < -0.39 is 25.0 Å². The number of benzene rings is 1. The highest BCUT2D eigenvalue weighted by Gasteiger charge is 2.21. The summed E-state index contributed by atoms with van der Waals surface area (Å²) in [5.74, 6) is -1.29. The maximum absolute atomic E-state index is 14.4. The molecule has 0 aliphatic heterocycles. The molecule has 7 nitrogen and oxygen atoms in total. The van der Waals surface area contributed by atoms with E-state index in [2.05, 4.69) is 24.5 Å². The van der Waals surface area contributed by atoms with Crippen LogP contribution in [0.1, 0.15) is 32.3 Å². The zero-order chi connectivity index (χ0) is 25.0. The van der Waals surface area contributed by atoms with Crippen LogP contribution in [-0.4, -0.2) is 72.6 Å². The fourth-order valence-electron chi connectivity index (χ4n) is 2.80. The van der Waals surface area contributed by atoms with Gasteiger partial charge in [0.1, 0.15) is 18.4 Å². The first-order valence-corrected chi connectivity index (χ1v) is 11.2. The number of nitrogens with one attached hydrogen (secondary N) is 2. The van der Waals surface area contributed by atoms with Gasteiger partial charge in [0.05, 0.1) is 13.2 Å². The van der Waals surface area contributed by atoms with Gasteiger partial charge in [-0.3, -0.25) is 19.7 Å². The number of aliphatic hydroxyl groups excluding tert-OH is 1. The van der Waals surface area contributed by atoms with Gasteiger partial charge in [-0.05, 0) is 31.9 Å². The highest BCUT2D eigenvalue weighted by atomic mass is 31.0. The highest BCUT2D eigenvalue weighted by Crippen LogP contribution is 2.14. The summed E-state index contributed by atoms with van der Waals surface area (Å²) in [5.41, 5.74) is 0.982. The van der Waals surface area contributed by atoms with E-state index in [0.717, 1.165) is 11.8 Å². The lowest BCUT2D eigenvalue weighted by molar-refractivity contribution is 0.305. The van der Waals surface area contributed by atoms with Crippen LogP contribution in [0, 0.1) is 17.0 Å². The first-order valence-electron chi connectivity index (χ1n) is 10.6. The molecular formula is C22H34F3N6OP. The number of nitrogens with zero attached hydrogens (tertiary/aromatic N) is 4. The van der Waals surface area contributed by atoms with Crippen molar-refractivity contribution in [2.24, 2.45) is 9.98 Å². The molecule has 2 atom stereocenters. The summed E-state index contributed by atoms with van der Waals surface area (Å²) < 4.78 is 40.5. The number of aliphatic imine (C=N–C) groups is 2. The van der Waals surface area contributed by atoms with Crippen LogP contribution in [0.2, 0.25) is 0 Å². The SMILES string of the molecule is CCC(/C=C\CN/C(=N/CO)N(Cc1cc(P)c(F)cc1F)C(=N)N(C)C)=N\C(C)CCF. The van der Waals surface area contributed by atoms with E-state index in [-0.39, 0.29) is 41.9 Å². The minimum absolute atomic E-state index is 0.0106. The summed E-state index contributed by atoms with van der Waals surface area (Å²) in [4.78, 5) is 11.4. The van der Waals surface area contributed by atoms with Gasteiger partial charge in [0.15, 0.2) is 5.96 Å². The third-order valence-corrected chi connectivity index (χ3v) is 5.06. The van der Waals surface area contributed by atoms with Crippen molar-refractivity contribution in [2.45, 2.75) is 39.3 Å². The number of allylic oxidation sites excluding steroid dienone is 1. The van der Waals surface area contributed by atoms with Crippen LogP contribution in [-0.2, 0) is 6.54 Å². The van der Waals surface area contributed by atoms with E-state index in [4.69, 9.17) is 5.41 Å². The molecule has 0 aromatic heterocycles. The van der Waals surface area contributed by atoms with Gasteiger partial charge in [-0.25, -0.2) is 13.8 Å². The summed E-state index contributed by atoms with van der Waals surface area (Å²) in [6.45, 7) is 3.01. The number of hydrogen-bond donors (Lipinski definition) is 3. The maximum Gasteiger partial charge on any atom is 0.203 e. The third-order valence-electron chi connectivity index (χ3n) is 4.61. The van der Waals surface area contributed by atoms with Crippen LogP contribution in [0.3, 0.4) is 0 Å². The molecule has 33 heavy (non-hydrogen) atoms. The molecule has 0 saturated carbocycles. The highest BCUT2D eigenvalue weighted by molar-refractivity contribution is 7.27. The third kappa shape index (κ3) is 9.52. The molecule has 0 aliphatic carbocycles. The Balaban J connectivity index is 3.08. The Morgan fingerprint density at radius 2 is 2.00 bits per heavy atom.